The molecule has 218 valence electrons. The van der Waals surface area contributed by atoms with Gasteiger partial charge in [-0.15, -0.1) is 0 Å². The molecule has 2 aromatic heterocycles. The Bertz CT molecular complexity index is 2270. The van der Waals surface area contributed by atoms with Crippen molar-refractivity contribution in [3.63, 3.8) is 0 Å². The van der Waals surface area contributed by atoms with Crippen molar-refractivity contribution in [2.75, 3.05) is 0 Å². The Balaban J connectivity index is 1.11. The van der Waals surface area contributed by atoms with Crippen LogP contribution in [0.1, 0.15) is 63.9 Å². The van der Waals surface area contributed by atoms with Crippen LogP contribution < -0.4 is 0 Å². The molecule has 0 nitrogen and oxygen atoms in total. The van der Waals surface area contributed by atoms with Gasteiger partial charge in [0.2, 0.25) is 0 Å². The maximum atomic E-state index is 2.56. The predicted octanol–water partition coefficient (Wildman–Crippen LogP) is 12.1. The van der Waals surface area contributed by atoms with E-state index in [4.69, 9.17) is 0 Å². The van der Waals surface area contributed by atoms with E-state index in [1.54, 1.807) is 12.8 Å². The van der Waals surface area contributed by atoms with Gasteiger partial charge in [0.25, 0.3) is 0 Å². The summed E-state index contributed by atoms with van der Waals surface area (Å²) >= 11 is 0.707. The van der Waals surface area contributed by atoms with Gasteiger partial charge in [-0.25, -0.2) is 0 Å². The quantitative estimate of drug-likeness (QED) is 0.0984. The maximum absolute atomic E-state index is 2.56. The summed E-state index contributed by atoms with van der Waals surface area (Å²) in [4.78, 5) is 0. The van der Waals surface area contributed by atoms with Crippen LogP contribution in [0.2, 0.25) is 0 Å². The molecule has 0 saturated carbocycles. The molecule has 0 saturated heterocycles. The average molecular weight is 701 g/mol. The number of fused-ring (bicyclic) bond motifs is 8. The zero-order chi connectivity index (χ0) is 29.5. The molecule has 0 radical (unpaired) electrons. The number of aryl methyl sites for hydroxylation is 1. The first-order valence-corrected chi connectivity index (χ1v) is 19.9. The number of rotatable bonds is 10. The summed E-state index contributed by atoms with van der Waals surface area (Å²) in [5.41, 5.74) is 4.08. The fourth-order valence-electron chi connectivity index (χ4n) is 7.01. The Morgan fingerprint density at radius 2 is 0.955 bits per heavy atom. The van der Waals surface area contributed by atoms with E-state index < -0.39 is 0 Å². The standard InChI is InChI=1S/C42H38Se2/c1-2-3-4-5-6-7-8-10-13-28-16-17-31-24-39-35(22-33(31)20-28)37-26-42-38(27-41(37)43-39)36-23-34-21-30(29-14-11-9-12-15-29)18-19-32(34)25-40(36)44-42/h9,11-12,14-27H,2-8,10,13H2,1H3. The molecule has 44 heavy (non-hydrogen) atoms. The minimum atomic E-state index is 0.349. The van der Waals surface area contributed by atoms with E-state index in [0.717, 1.165) is 0 Å². The summed E-state index contributed by atoms with van der Waals surface area (Å²) in [6, 6.07) is 40.0. The van der Waals surface area contributed by atoms with Crippen molar-refractivity contribution in [2.24, 2.45) is 0 Å². The Morgan fingerprint density at radius 1 is 0.409 bits per heavy atom. The first-order valence-electron chi connectivity index (χ1n) is 16.5. The molecular weight excluding hydrogens is 662 g/mol. The number of benzene rings is 6. The van der Waals surface area contributed by atoms with Crippen molar-refractivity contribution in [1.82, 2.24) is 0 Å². The number of hydrogen-bond acceptors (Lipinski definition) is 0. The van der Waals surface area contributed by atoms with E-state index in [9.17, 15) is 0 Å². The van der Waals surface area contributed by atoms with Gasteiger partial charge in [-0.05, 0) is 0 Å². The Labute approximate surface area is 272 Å². The van der Waals surface area contributed by atoms with Gasteiger partial charge < -0.3 is 0 Å². The molecule has 0 spiro atoms. The first-order chi connectivity index (χ1) is 21.7. The zero-order valence-electron chi connectivity index (χ0n) is 25.5. The second kappa shape index (κ2) is 12.3. The molecule has 0 aliphatic rings. The van der Waals surface area contributed by atoms with Gasteiger partial charge in [-0.3, -0.25) is 0 Å². The Morgan fingerprint density at radius 3 is 1.61 bits per heavy atom. The monoisotopic (exact) mass is 702 g/mol. The SMILES string of the molecule is CCCCCCCCCCc1ccc2cc3[se]c4cc5c(cc4c3cc2c1)[se]c1cc2ccc(-c3ccccc3)cc2cc15. The second-order valence-corrected chi connectivity index (χ2v) is 17.1. The van der Waals surface area contributed by atoms with Gasteiger partial charge in [-0.2, -0.15) is 0 Å². The van der Waals surface area contributed by atoms with Crippen LogP contribution in [0.3, 0.4) is 0 Å². The van der Waals surface area contributed by atoms with Crippen molar-refractivity contribution < 1.29 is 0 Å². The summed E-state index contributed by atoms with van der Waals surface area (Å²) < 4.78 is 6.20. The molecule has 0 atom stereocenters. The van der Waals surface area contributed by atoms with Crippen molar-refractivity contribution in [3.8, 4) is 11.1 Å². The van der Waals surface area contributed by atoms with Gasteiger partial charge in [0.05, 0.1) is 0 Å². The molecular formula is C42H38Se2. The van der Waals surface area contributed by atoms with Crippen LogP contribution in [-0.2, 0) is 6.42 Å². The molecule has 2 heterocycles. The topological polar surface area (TPSA) is 0 Å². The van der Waals surface area contributed by atoms with E-state index >= 15 is 0 Å². The summed E-state index contributed by atoms with van der Waals surface area (Å²) in [7, 11) is 0. The third-order valence-electron chi connectivity index (χ3n) is 9.47. The molecule has 8 aromatic rings. The summed E-state index contributed by atoms with van der Waals surface area (Å²) in [6.07, 6.45) is 12.3. The molecule has 8 rings (SSSR count). The van der Waals surface area contributed by atoms with Crippen molar-refractivity contribution in [3.05, 3.63) is 109 Å². The van der Waals surface area contributed by atoms with Gasteiger partial charge in [0, 0.05) is 0 Å². The molecule has 0 fully saturated rings. The molecule has 6 aromatic carbocycles. The zero-order valence-corrected chi connectivity index (χ0v) is 28.9. The van der Waals surface area contributed by atoms with E-state index in [2.05, 4.69) is 110 Å². The van der Waals surface area contributed by atoms with Crippen molar-refractivity contribution in [2.45, 2.75) is 64.7 Å². The second-order valence-electron chi connectivity index (χ2n) is 12.6. The molecule has 0 bridgehead atoms. The normalized spacial score (nSPS) is 12.1. The van der Waals surface area contributed by atoms with E-state index in [0.29, 0.717) is 29.0 Å². The van der Waals surface area contributed by atoms with Crippen LogP contribution in [0.5, 0.6) is 0 Å². The van der Waals surface area contributed by atoms with Crippen LogP contribution >= 0.6 is 0 Å². The average Bonchev–Trinajstić information content (AvgIpc) is 3.58. The summed E-state index contributed by atoms with van der Waals surface area (Å²) in [5, 5.41) is 11.5. The minimum absolute atomic E-state index is 0.349. The fraction of sp³-hybridized carbons (Fsp3) is 0.238. The molecule has 0 unspecified atom stereocenters. The van der Waals surface area contributed by atoms with E-state index in [1.807, 2.05) is 0 Å². The first kappa shape index (κ1) is 28.4. The van der Waals surface area contributed by atoms with E-state index in [-0.39, 0.29) is 0 Å². The van der Waals surface area contributed by atoms with Gasteiger partial charge in [0.15, 0.2) is 0 Å². The van der Waals surface area contributed by atoms with Crippen molar-refractivity contribution in [1.29, 1.82) is 0 Å². The van der Waals surface area contributed by atoms with Gasteiger partial charge in [0.1, 0.15) is 0 Å². The Kier molecular flexibility index (Phi) is 7.96. The fourth-order valence-corrected chi connectivity index (χ4v) is 11.9. The third-order valence-corrected chi connectivity index (χ3v) is 14.2. The van der Waals surface area contributed by atoms with Crippen LogP contribution in [0, 0.1) is 0 Å². The predicted molar refractivity (Wildman–Crippen MR) is 197 cm³/mol. The van der Waals surface area contributed by atoms with Crippen LogP contribution in [0.25, 0.3) is 71.3 Å². The van der Waals surface area contributed by atoms with Crippen molar-refractivity contribution >= 4 is 89.1 Å². The van der Waals surface area contributed by atoms with Crippen LogP contribution in [0.4, 0.5) is 0 Å². The molecule has 0 N–H and O–H groups in total. The molecule has 0 aliphatic carbocycles. The molecule has 0 aliphatic heterocycles. The van der Waals surface area contributed by atoms with Crippen LogP contribution in [0.15, 0.2) is 103 Å². The third kappa shape index (κ3) is 5.48. The summed E-state index contributed by atoms with van der Waals surface area (Å²) in [5.74, 6) is 0. The molecule has 2 heteroatoms. The number of unbranched alkanes of at least 4 members (excludes halogenated alkanes) is 7. The van der Waals surface area contributed by atoms with Gasteiger partial charge in [-0.1, -0.05) is 26.2 Å². The van der Waals surface area contributed by atoms with Gasteiger partial charge >= 0.3 is 247 Å². The molecule has 0 amide bonds. The Hall–Kier alpha value is -3.12. The summed E-state index contributed by atoms with van der Waals surface area (Å²) in [6.45, 7) is 2.30. The number of hydrogen-bond donors (Lipinski definition) is 0. The van der Waals surface area contributed by atoms with Crippen LogP contribution in [-0.4, -0.2) is 29.0 Å². The van der Waals surface area contributed by atoms with E-state index in [1.165, 1.54) is 122 Å².